The molecule has 16 heavy (non-hydrogen) atoms. The molecule has 2 rings (SSSR count). The van der Waals surface area contributed by atoms with Crippen LogP contribution in [0.15, 0.2) is 0 Å². The van der Waals surface area contributed by atoms with E-state index in [1.165, 1.54) is 0 Å². The Morgan fingerprint density at radius 2 is 2.25 bits per heavy atom. The van der Waals surface area contributed by atoms with E-state index in [0.717, 1.165) is 12.8 Å². The predicted molar refractivity (Wildman–Crippen MR) is 59.5 cm³/mol. The molecular weight excluding hydrogens is 206 g/mol. The Bertz CT molecular complexity index is 314. The number of nitrogens with one attached hydrogen (secondary N) is 2. The van der Waals surface area contributed by atoms with Gasteiger partial charge in [0.25, 0.3) is 0 Å². The second-order valence-corrected chi connectivity index (χ2v) is 5.04. The summed E-state index contributed by atoms with van der Waals surface area (Å²) >= 11 is 0. The summed E-state index contributed by atoms with van der Waals surface area (Å²) in [5.74, 6) is 0.366. The van der Waals surface area contributed by atoms with Crippen molar-refractivity contribution in [1.29, 1.82) is 0 Å². The van der Waals surface area contributed by atoms with Gasteiger partial charge in [-0.15, -0.1) is 0 Å². The van der Waals surface area contributed by atoms with Crippen molar-refractivity contribution >= 4 is 11.8 Å². The van der Waals surface area contributed by atoms with Crippen molar-refractivity contribution < 1.29 is 9.59 Å². The van der Waals surface area contributed by atoms with Gasteiger partial charge in [-0.2, -0.15) is 0 Å². The maximum atomic E-state index is 11.9. The SMILES string of the molecule is CC(CN)(NC(=O)[C@H]1CCC(=O)N1)C1CC1. The zero-order valence-electron chi connectivity index (χ0n) is 9.58. The van der Waals surface area contributed by atoms with Crippen molar-refractivity contribution in [2.45, 2.75) is 44.2 Å². The Labute approximate surface area is 95.1 Å². The van der Waals surface area contributed by atoms with Gasteiger partial charge in [0.15, 0.2) is 0 Å². The number of rotatable bonds is 4. The fourth-order valence-electron chi connectivity index (χ4n) is 2.22. The van der Waals surface area contributed by atoms with Gasteiger partial charge in [0.05, 0.1) is 5.54 Å². The minimum absolute atomic E-state index is 0.0407. The first-order chi connectivity index (χ1) is 7.55. The summed E-state index contributed by atoms with van der Waals surface area (Å²) in [7, 11) is 0. The van der Waals surface area contributed by atoms with E-state index in [1.54, 1.807) is 0 Å². The van der Waals surface area contributed by atoms with Crippen molar-refractivity contribution in [2.24, 2.45) is 11.7 Å². The van der Waals surface area contributed by atoms with E-state index >= 15 is 0 Å². The molecular formula is C11H19N3O2. The molecule has 4 N–H and O–H groups in total. The largest absolute Gasteiger partial charge is 0.348 e. The van der Waals surface area contributed by atoms with Crippen LogP contribution in [0.5, 0.6) is 0 Å². The van der Waals surface area contributed by atoms with Crippen molar-refractivity contribution in [1.82, 2.24) is 10.6 Å². The van der Waals surface area contributed by atoms with Crippen LogP contribution < -0.4 is 16.4 Å². The Balaban J connectivity index is 1.92. The molecule has 2 fully saturated rings. The predicted octanol–water partition coefficient (Wildman–Crippen LogP) is -0.491. The first-order valence-corrected chi connectivity index (χ1v) is 5.86. The van der Waals surface area contributed by atoms with Crippen molar-refractivity contribution in [3.8, 4) is 0 Å². The first-order valence-electron chi connectivity index (χ1n) is 5.86. The van der Waals surface area contributed by atoms with Gasteiger partial charge >= 0.3 is 0 Å². The normalized spacial score (nSPS) is 28.4. The Morgan fingerprint density at radius 3 is 2.69 bits per heavy atom. The molecule has 1 aliphatic heterocycles. The van der Waals surface area contributed by atoms with E-state index in [2.05, 4.69) is 10.6 Å². The maximum Gasteiger partial charge on any atom is 0.243 e. The van der Waals surface area contributed by atoms with Crippen LogP contribution in [0.4, 0.5) is 0 Å². The topological polar surface area (TPSA) is 84.2 Å². The molecule has 2 aliphatic rings. The van der Waals surface area contributed by atoms with Gasteiger partial charge in [0.2, 0.25) is 11.8 Å². The summed E-state index contributed by atoms with van der Waals surface area (Å²) in [4.78, 5) is 22.9. The van der Waals surface area contributed by atoms with Crippen LogP contribution in [0.2, 0.25) is 0 Å². The third-order valence-electron chi connectivity index (χ3n) is 3.62. The highest BCUT2D eigenvalue weighted by Crippen LogP contribution is 2.39. The third kappa shape index (κ3) is 2.19. The molecule has 1 saturated carbocycles. The highest BCUT2D eigenvalue weighted by molar-refractivity contribution is 5.91. The van der Waals surface area contributed by atoms with Crippen LogP contribution in [-0.2, 0) is 9.59 Å². The minimum Gasteiger partial charge on any atom is -0.348 e. The molecule has 2 amide bonds. The standard InChI is InChI=1S/C11H19N3O2/c1-11(6-12,7-2-3-7)14-10(16)8-4-5-9(15)13-8/h7-8H,2-6,12H2,1H3,(H,13,15)(H,14,16)/t8-,11?/m1/s1. The number of carbonyl (C=O) groups excluding carboxylic acids is 2. The van der Waals surface area contributed by atoms with E-state index < -0.39 is 0 Å². The third-order valence-corrected chi connectivity index (χ3v) is 3.62. The zero-order chi connectivity index (χ0) is 11.8. The lowest BCUT2D eigenvalue weighted by atomic mass is 9.95. The van der Waals surface area contributed by atoms with Gasteiger partial charge in [-0.1, -0.05) is 0 Å². The fraction of sp³-hybridized carbons (Fsp3) is 0.818. The Hall–Kier alpha value is -1.10. The van der Waals surface area contributed by atoms with E-state index in [-0.39, 0.29) is 23.4 Å². The molecule has 1 heterocycles. The van der Waals surface area contributed by atoms with Crippen LogP contribution >= 0.6 is 0 Å². The average molecular weight is 225 g/mol. The molecule has 1 unspecified atom stereocenters. The van der Waals surface area contributed by atoms with Gasteiger partial charge < -0.3 is 16.4 Å². The molecule has 5 heteroatoms. The number of carbonyl (C=O) groups is 2. The van der Waals surface area contributed by atoms with Gasteiger partial charge in [0, 0.05) is 13.0 Å². The summed E-state index contributed by atoms with van der Waals surface area (Å²) < 4.78 is 0. The lowest BCUT2D eigenvalue weighted by Crippen LogP contribution is -2.57. The molecule has 1 aliphatic carbocycles. The van der Waals surface area contributed by atoms with Crippen LogP contribution in [0.1, 0.15) is 32.6 Å². The van der Waals surface area contributed by atoms with Crippen LogP contribution in [0, 0.1) is 5.92 Å². The van der Waals surface area contributed by atoms with Crippen LogP contribution in [0.3, 0.4) is 0 Å². The zero-order valence-corrected chi connectivity index (χ0v) is 9.58. The van der Waals surface area contributed by atoms with Gasteiger partial charge in [0.1, 0.15) is 6.04 Å². The van der Waals surface area contributed by atoms with E-state index in [9.17, 15) is 9.59 Å². The molecule has 0 aromatic rings. The van der Waals surface area contributed by atoms with Crippen molar-refractivity contribution in [3.05, 3.63) is 0 Å². The van der Waals surface area contributed by atoms with Crippen LogP contribution in [-0.4, -0.2) is 29.9 Å². The average Bonchev–Trinajstić information content (AvgIpc) is 3.02. The molecule has 2 atom stereocenters. The maximum absolute atomic E-state index is 11.9. The van der Waals surface area contributed by atoms with Gasteiger partial charge in [-0.3, -0.25) is 9.59 Å². The molecule has 0 aromatic carbocycles. The number of hydrogen-bond acceptors (Lipinski definition) is 3. The van der Waals surface area contributed by atoms with E-state index in [1.807, 2.05) is 6.92 Å². The smallest absolute Gasteiger partial charge is 0.243 e. The number of nitrogens with two attached hydrogens (primary N) is 1. The lowest BCUT2D eigenvalue weighted by molar-refractivity contribution is -0.127. The minimum atomic E-state index is -0.364. The molecule has 90 valence electrons. The molecule has 1 saturated heterocycles. The van der Waals surface area contributed by atoms with Gasteiger partial charge in [-0.05, 0) is 32.1 Å². The quantitative estimate of drug-likeness (QED) is 0.603. The number of hydrogen-bond donors (Lipinski definition) is 3. The second-order valence-electron chi connectivity index (χ2n) is 5.04. The number of amides is 2. The Morgan fingerprint density at radius 1 is 1.56 bits per heavy atom. The van der Waals surface area contributed by atoms with Crippen molar-refractivity contribution in [3.63, 3.8) is 0 Å². The molecule has 0 bridgehead atoms. The monoisotopic (exact) mass is 225 g/mol. The summed E-state index contributed by atoms with van der Waals surface area (Å²) in [5.41, 5.74) is 5.42. The molecule has 0 radical (unpaired) electrons. The molecule has 5 nitrogen and oxygen atoms in total. The van der Waals surface area contributed by atoms with Crippen LogP contribution in [0.25, 0.3) is 0 Å². The summed E-state index contributed by atoms with van der Waals surface area (Å²) in [5, 5.41) is 5.66. The second kappa shape index (κ2) is 4.05. The van der Waals surface area contributed by atoms with Gasteiger partial charge in [-0.25, -0.2) is 0 Å². The molecule has 0 aromatic heterocycles. The highest BCUT2D eigenvalue weighted by Gasteiger charge is 2.43. The summed E-state index contributed by atoms with van der Waals surface area (Å²) in [6.45, 7) is 2.43. The first kappa shape index (κ1) is 11.4. The highest BCUT2D eigenvalue weighted by atomic mass is 16.2. The van der Waals surface area contributed by atoms with E-state index in [4.69, 9.17) is 5.73 Å². The fourth-order valence-corrected chi connectivity index (χ4v) is 2.22. The van der Waals surface area contributed by atoms with Crippen molar-refractivity contribution in [2.75, 3.05) is 6.54 Å². The summed E-state index contributed by atoms with van der Waals surface area (Å²) in [6, 6.07) is -0.364. The Kier molecular flexibility index (Phi) is 2.88. The molecule has 0 spiro atoms. The summed E-state index contributed by atoms with van der Waals surface area (Å²) in [6.07, 6.45) is 3.30. The lowest BCUT2D eigenvalue weighted by Gasteiger charge is -2.30. The van der Waals surface area contributed by atoms with E-state index in [0.29, 0.717) is 25.3 Å².